The summed E-state index contributed by atoms with van der Waals surface area (Å²) in [7, 11) is 1.49. The highest BCUT2D eigenvalue weighted by Gasteiger charge is 2.40. The van der Waals surface area contributed by atoms with Crippen molar-refractivity contribution in [1.82, 2.24) is 15.5 Å². The minimum Gasteiger partial charge on any atom is -0.480 e. The Morgan fingerprint density at radius 1 is 1.02 bits per heavy atom. The number of ether oxygens (including phenoxy) is 2. The number of hydrogen-bond donors (Lipinski definition) is 4. The van der Waals surface area contributed by atoms with Gasteiger partial charge in [0.1, 0.15) is 18.5 Å². The standard InChI is InChI=1S/C32H37N5O7S/c1-43-17-18-44-32(42)36-29(33)25-15-14-23(45-25)19-35-30(40)24-13-8-16-37(24)31(41)28(34-20-26(38)39)27(21-9-4-2-5-10-21)22-11-6-3-7-12-22/h2-7,9-12,14-15,24,27-28,34H,8,13,16-20H2,1H3,(H,35,40)(H,38,39)(H2,33,36,42)/t24-,28+/m0/s1. The van der Waals surface area contributed by atoms with Crippen LogP contribution < -0.4 is 16.4 Å². The molecule has 4 rings (SSSR count). The van der Waals surface area contributed by atoms with E-state index >= 15 is 0 Å². The lowest BCUT2D eigenvalue weighted by molar-refractivity contribution is -0.141. The normalized spacial score (nSPS) is 15.6. The van der Waals surface area contributed by atoms with Gasteiger partial charge in [0.25, 0.3) is 0 Å². The molecule has 13 heteroatoms. The first-order valence-electron chi connectivity index (χ1n) is 14.5. The molecule has 1 saturated heterocycles. The van der Waals surface area contributed by atoms with Crippen molar-refractivity contribution in [3.05, 3.63) is 93.7 Å². The van der Waals surface area contributed by atoms with Gasteiger partial charge in [-0.1, -0.05) is 60.7 Å². The van der Waals surface area contributed by atoms with E-state index in [2.05, 4.69) is 15.6 Å². The van der Waals surface area contributed by atoms with E-state index in [1.54, 1.807) is 17.0 Å². The highest BCUT2D eigenvalue weighted by atomic mass is 32.1. The van der Waals surface area contributed by atoms with E-state index in [1.165, 1.54) is 18.4 Å². The van der Waals surface area contributed by atoms with Crippen molar-refractivity contribution in [3.63, 3.8) is 0 Å². The molecule has 45 heavy (non-hydrogen) atoms. The summed E-state index contributed by atoms with van der Waals surface area (Å²) in [4.78, 5) is 57.6. The van der Waals surface area contributed by atoms with Crippen molar-refractivity contribution in [2.75, 3.05) is 33.4 Å². The van der Waals surface area contributed by atoms with Crippen LogP contribution in [-0.4, -0.2) is 85.2 Å². The first-order chi connectivity index (χ1) is 21.8. The van der Waals surface area contributed by atoms with Gasteiger partial charge < -0.3 is 30.5 Å². The molecule has 0 bridgehead atoms. The molecule has 0 spiro atoms. The van der Waals surface area contributed by atoms with Gasteiger partial charge in [-0.25, -0.2) is 4.79 Å². The summed E-state index contributed by atoms with van der Waals surface area (Å²) in [5.41, 5.74) is 7.65. The Hall–Kier alpha value is -4.59. The molecular weight excluding hydrogens is 598 g/mol. The monoisotopic (exact) mass is 635 g/mol. The van der Waals surface area contributed by atoms with Crippen LogP contribution in [0.4, 0.5) is 4.79 Å². The highest BCUT2D eigenvalue weighted by Crippen LogP contribution is 2.31. The van der Waals surface area contributed by atoms with E-state index in [1.807, 2.05) is 60.7 Å². The number of thiophene rings is 1. The summed E-state index contributed by atoms with van der Waals surface area (Å²) in [5, 5.41) is 15.4. The van der Waals surface area contributed by atoms with Gasteiger partial charge in [0, 0.05) is 24.4 Å². The number of amides is 3. The predicted molar refractivity (Wildman–Crippen MR) is 169 cm³/mol. The first-order valence-corrected chi connectivity index (χ1v) is 15.3. The Kier molecular flexibility index (Phi) is 12.2. The minimum atomic E-state index is -1.09. The quantitative estimate of drug-likeness (QED) is 0.118. The van der Waals surface area contributed by atoms with Crippen LogP contribution in [0.15, 0.2) is 77.8 Å². The zero-order valence-corrected chi connectivity index (χ0v) is 25.7. The van der Waals surface area contributed by atoms with Gasteiger partial charge in [0.15, 0.2) is 0 Å². The number of methoxy groups -OCH3 is 1. The molecule has 0 radical (unpaired) electrons. The van der Waals surface area contributed by atoms with Crippen molar-refractivity contribution in [3.8, 4) is 0 Å². The molecule has 0 aliphatic carbocycles. The van der Waals surface area contributed by atoms with Crippen molar-refractivity contribution in [2.24, 2.45) is 10.7 Å². The molecule has 12 nitrogen and oxygen atoms in total. The molecule has 5 N–H and O–H groups in total. The maximum absolute atomic E-state index is 14.2. The van der Waals surface area contributed by atoms with E-state index < -0.39 is 36.6 Å². The van der Waals surface area contributed by atoms with E-state index in [0.29, 0.717) is 24.3 Å². The summed E-state index contributed by atoms with van der Waals surface area (Å²) in [5.74, 6) is -2.23. The number of hydrogen-bond acceptors (Lipinski definition) is 8. The second-order valence-corrected chi connectivity index (χ2v) is 11.5. The Labute approximate surface area is 265 Å². The molecule has 0 saturated carbocycles. The molecule has 2 atom stereocenters. The van der Waals surface area contributed by atoms with Gasteiger partial charge in [0.05, 0.1) is 30.6 Å². The Balaban J connectivity index is 1.47. The van der Waals surface area contributed by atoms with Crippen LogP contribution in [0.25, 0.3) is 0 Å². The third-order valence-corrected chi connectivity index (χ3v) is 8.41. The number of carbonyl (C=O) groups is 4. The molecule has 3 aromatic rings. The van der Waals surface area contributed by atoms with Crippen molar-refractivity contribution < 1.29 is 33.8 Å². The lowest BCUT2D eigenvalue weighted by atomic mass is 9.84. The number of carbonyl (C=O) groups excluding carboxylic acids is 3. The second-order valence-electron chi connectivity index (χ2n) is 10.3. The molecule has 2 aromatic carbocycles. The number of benzene rings is 2. The van der Waals surface area contributed by atoms with Gasteiger partial charge in [0.2, 0.25) is 11.8 Å². The molecule has 1 aliphatic heterocycles. The summed E-state index contributed by atoms with van der Waals surface area (Å²) in [6.07, 6.45) is 0.287. The van der Waals surface area contributed by atoms with Crippen molar-refractivity contribution in [1.29, 1.82) is 0 Å². The van der Waals surface area contributed by atoms with Crippen molar-refractivity contribution in [2.45, 2.75) is 37.4 Å². The molecule has 1 aliphatic rings. The van der Waals surface area contributed by atoms with Crippen LogP contribution in [-0.2, 0) is 30.4 Å². The summed E-state index contributed by atoms with van der Waals surface area (Å²) < 4.78 is 9.74. The van der Waals surface area contributed by atoms with Gasteiger partial charge in [-0.05, 0) is 36.1 Å². The van der Waals surface area contributed by atoms with Gasteiger partial charge in [-0.15, -0.1) is 11.3 Å². The van der Waals surface area contributed by atoms with E-state index in [-0.39, 0.29) is 37.4 Å². The number of rotatable bonds is 14. The number of likely N-dealkylation sites (tertiary alicyclic amines) is 1. The van der Waals surface area contributed by atoms with E-state index in [4.69, 9.17) is 15.2 Å². The zero-order valence-electron chi connectivity index (χ0n) is 24.9. The number of nitrogens with zero attached hydrogens (tertiary/aromatic N) is 2. The molecule has 1 aromatic heterocycles. The van der Waals surface area contributed by atoms with E-state index in [9.17, 15) is 24.3 Å². The number of carboxylic acid groups (broad SMARTS) is 1. The largest absolute Gasteiger partial charge is 0.480 e. The van der Waals surface area contributed by atoms with Crippen molar-refractivity contribution >= 4 is 41.0 Å². The average Bonchev–Trinajstić information content (AvgIpc) is 3.73. The van der Waals surface area contributed by atoms with Crippen LogP contribution >= 0.6 is 11.3 Å². The summed E-state index contributed by atoms with van der Waals surface area (Å²) in [6, 6.07) is 20.7. The maximum atomic E-state index is 14.2. The fourth-order valence-electron chi connectivity index (χ4n) is 5.23. The van der Waals surface area contributed by atoms with Crippen LogP contribution in [0.2, 0.25) is 0 Å². The number of nitrogens with two attached hydrogens (primary N) is 1. The third kappa shape index (κ3) is 9.20. The molecule has 0 unspecified atom stereocenters. The Morgan fingerprint density at radius 2 is 1.69 bits per heavy atom. The summed E-state index contributed by atoms with van der Waals surface area (Å²) in [6.45, 7) is 0.438. The van der Waals surface area contributed by atoms with Crippen LogP contribution in [0, 0.1) is 0 Å². The predicted octanol–water partition coefficient (Wildman–Crippen LogP) is 2.72. The van der Waals surface area contributed by atoms with Gasteiger partial charge in [-0.3, -0.25) is 19.7 Å². The lowest BCUT2D eigenvalue weighted by Crippen LogP contribution is -2.55. The van der Waals surface area contributed by atoms with E-state index in [0.717, 1.165) is 16.0 Å². The Morgan fingerprint density at radius 3 is 2.31 bits per heavy atom. The number of carboxylic acids is 1. The number of aliphatic carboxylic acids is 1. The first kappa shape index (κ1) is 33.3. The molecule has 238 valence electrons. The molecule has 2 heterocycles. The number of nitrogens with one attached hydrogen (secondary N) is 2. The second kappa shape index (κ2) is 16.5. The van der Waals surface area contributed by atoms with Crippen LogP contribution in [0.1, 0.15) is 39.6 Å². The molecule has 1 fully saturated rings. The maximum Gasteiger partial charge on any atom is 0.435 e. The fourth-order valence-corrected chi connectivity index (χ4v) is 6.07. The van der Waals surface area contributed by atoms with Gasteiger partial charge in [-0.2, -0.15) is 4.99 Å². The SMILES string of the molecule is COCCOC(=O)/N=C(\N)c1ccc(CNC(=O)[C@@H]2CCCN2C(=O)[C@H](NCC(=O)O)C(c2ccccc2)c2ccccc2)s1. The van der Waals surface area contributed by atoms with Gasteiger partial charge >= 0.3 is 12.1 Å². The smallest absolute Gasteiger partial charge is 0.435 e. The Bertz CT molecular complexity index is 1440. The third-order valence-electron chi connectivity index (χ3n) is 7.30. The zero-order chi connectivity index (χ0) is 32.2. The van der Waals surface area contributed by atoms with Crippen LogP contribution in [0.5, 0.6) is 0 Å². The summed E-state index contributed by atoms with van der Waals surface area (Å²) >= 11 is 1.27. The molecule has 3 amide bonds. The fraction of sp³-hybridized carbons (Fsp3) is 0.344. The number of amidine groups is 1. The average molecular weight is 636 g/mol. The topological polar surface area (TPSA) is 173 Å². The number of aliphatic imine (C=N–C) groups is 1. The minimum absolute atomic E-state index is 0.00107. The lowest BCUT2D eigenvalue weighted by Gasteiger charge is -2.33. The molecular formula is C32H37N5O7S. The highest BCUT2D eigenvalue weighted by molar-refractivity contribution is 7.14. The van der Waals surface area contributed by atoms with Crippen LogP contribution in [0.3, 0.4) is 0 Å².